The second-order valence-electron chi connectivity index (χ2n) is 4.06. The fourth-order valence-corrected chi connectivity index (χ4v) is 1.46. The maximum atomic E-state index is 13.4. The summed E-state index contributed by atoms with van der Waals surface area (Å²) in [7, 11) is 0. The second kappa shape index (κ2) is 4.75. The molecule has 0 bridgehead atoms. The van der Waals surface area contributed by atoms with Gasteiger partial charge in [0.2, 0.25) is 0 Å². The van der Waals surface area contributed by atoms with Crippen molar-refractivity contribution < 1.29 is 23.1 Å². The number of carboxylic acid groups (broad SMARTS) is 1. The van der Waals surface area contributed by atoms with Crippen LogP contribution in [0.15, 0.2) is 12.1 Å². The largest absolute Gasteiger partial charge is 0.481 e. The molecule has 0 saturated heterocycles. The zero-order valence-electron chi connectivity index (χ0n) is 9.14. The summed E-state index contributed by atoms with van der Waals surface area (Å²) in [5.41, 5.74) is 4.11. The molecule has 6 heteroatoms. The molecule has 17 heavy (non-hydrogen) atoms. The zero-order chi connectivity index (χ0) is 13.2. The lowest BCUT2D eigenvalue weighted by Crippen LogP contribution is -2.35. The van der Waals surface area contributed by atoms with Crippen LogP contribution in [-0.2, 0) is 10.3 Å². The Balaban J connectivity index is 3.05. The Hall–Kier alpha value is -1.56. The molecule has 0 saturated carbocycles. The first-order chi connectivity index (χ1) is 7.74. The molecule has 0 aliphatic carbocycles. The molecular formula is C11H12F3NO2. The SMILES string of the molecule is CC(N)(CCC(=O)O)c1cc(F)c(F)cc1F. The fourth-order valence-electron chi connectivity index (χ4n) is 1.46. The summed E-state index contributed by atoms with van der Waals surface area (Å²) in [6.07, 6.45) is -0.365. The Bertz CT molecular complexity index is 447. The van der Waals surface area contributed by atoms with Crippen LogP contribution in [0.2, 0.25) is 0 Å². The van der Waals surface area contributed by atoms with Gasteiger partial charge < -0.3 is 10.8 Å². The maximum absolute atomic E-state index is 13.4. The van der Waals surface area contributed by atoms with Crippen molar-refractivity contribution in [1.29, 1.82) is 0 Å². The standard InChI is InChI=1S/C11H12F3NO2/c1-11(15,3-2-10(16)17)6-4-8(13)9(14)5-7(6)12/h4-5H,2-3,15H2,1H3,(H,16,17). The van der Waals surface area contributed by atoms with Gasteiger partial charge in [-0.05, 0) is 19.4 Å². The molecule has 94 valence electrons. The Kier molecular flexibility index (Phi) is 3.77. The van der Waals surface area contributed by atoms with E-state index < -0.39 is 29.0 Å². The molecule has 3 nitrogen and oxygen atoms in total. The van der Waals surface area contributed by atoms with E-state index in [0.29, 0.717) is 12.1 Å². The van der Waals surface area contributed by atoms with E-state index in [9.17, 15) is 18.0 Å². The molecule has 3 N–H and O–H groups in total. The summed E-state index contributed by atoms with van der Waals surface area (Å²) in [6.45, 7) is 1.37. The van der Waals surface area contributed by atoms with Gasteiger partial charge in [0.25, 0.3) is 0 Å². The molecule has 0 fully saturated rings. The fraction of sp³-hybridized carbons (Fsp3) is 0.364. The smallest absolute Gasteiger partial charge is 0.303 e. The van der Waals surface area contributed by atoms with Gasteiger partial charge in [0.15, 0.2) is 11.6 Å². The van der Waals surface area contributed by atoms with Gasteiger partial charge in [0.1, 0.15) is 5.82 Å². The highest BCUT2D eigenvalue weighted by Gasteiger charge is 2.27. The summed E-state index contributed by atoms with van der Waals surface area (Å²) >= 11 is 0. The molecule has 0 heterocycles. The van der Waals surface area contributed by atoms with Crippen molar-refractivity contribution >= 4 is 5.97 Å². The predicted molar refractivity (Wildman–Crippen MR) is 54.7 cm³/mol. The quantitative estimate of drug-likeness (QED) is 0.801. The van der Waals surface area contributed by atoms with Crippen molar-refractivity contribution in [3.05, 3.63) is 35.1 Å². The van der Waals surface area contributed by atoms with Crippen LogP contribution in [0.25, 0.3) is 0 Å². The number of carbonyl (C=O) groups is 1. The van der Waals surface area contributed by atoms with Crippen molar-refractivity contribution in [3.63, 3.8) is 0 Å². The first-order valence-electron chi connectivity index (χ1n) is 4.90. The average molecular weight is 247 g/mol. The first-order valence-corrected chi connectivity index (χ1v) is 4.90. The van der Waals surface area contributed by atoms with Gasteiger partial charge >= 0.3 is 5.97 Å². The molecule has 0 aliphatic rings. The van der Waals surface area contributed by atoms with Crippen LogP contribution >= 0.6 is 0 Å². The second-order valence-corrected chi connectivity index (χ2v) is 4.06. The Labute approximate surface area is 96.0 Å². The summed E-state index contributed by atoms with van der Waals surface area (Å²) in [4.78, 5) is 10.4. The molecule has 1 atom stereocenters. The summed E-state index contributed by atoms with van der Waals surface area (Å²) in [5, 5.41) is 8.51. The van der Waals surface area contributed by atoms with E-state index in [-0.39, 0.29) is 18.4 Å². The first kappa shape index (κ1) is 13.5. The number of nitrogens with two attached hydrogens (primary N) is 1. The van der Waals surface area contributed by atoms with Gasteiger partial charge in [-0.25, -0.2) is 13.2 Å². The van der Waals surface area contributed by atoms with E-state index >= 15 is 0 Å². The van der Waals surface area contributed by atoms with Gasteiger partial charge in [-0.1, -0.05) is 0 Å². The summed E-state index contributed by atoms with van der Waals surface area (Å²) < 4.78 is 39.1. The number of halogens is 3. The van der Waals surface area contributed by atoms with Crippen molar-refractivity contribution in [2.45, 2.75) is 25.3 Å². The van der Waals surface area contributed by atoms with Crippen molar-refractivity contribution in [1.82, 2.24) is 0 Å². The minimum Gasteiger partial charge on any atom is -0.481 e. The molecule has 0 amide bonds. The van der Waals surface area contributed by atoms with Crippen LogP contribution in [0.4, 0.5) is 13.2 Å². The van der Waals surface area contributed by atoms with Gasteiger partial charge in [-0.3, -0.25) is 4.79 Å². The van der Waals surface area contributed by atoms with Gasteiger partial charge in [0.05, 0.1) is 0 Å². The van der Waals surface area contributed by atoms with Crippen LogP contribution < -0.4 is 5.73 Å². The highest BCUT2D eigenvalue weighted by molar-refractivity contribution is 5.66. The zero-order valence-corrected chi connectivity index (χ0v) is 9.14. The topological polar surface area (TPSA) is 63.3 Å². The minimum absolute atomic E-state index is 0.0790. The Morgan fingerprint density at radius 3 is 2.35 bits per heavy atom. The monoisotopic (exact) mass is 247 g/mol. The van der Waals surface area contributed by atoms with Crippen LogP contribution in [0.5, 0.6) is 0 Å². The summed E-state index contributed by atoms with van der Waals surface area (Å²) in [6, 6.07) is 1.06. The van der Waals surface area contributed by atoms with Gasteiger partial charge in [-0.15, -0.1) is 0 Å². The third-order valence-electron chi connectivity index (χ3n) is 2.48. The molecule has 1 aromatic carbocycles. The molecule has 0 spiro atoms. The van der Waals surface area contributed by atoms with E-state index in [1.54, 1.807) is 0 Å². The number of hydrogen-bond donors (Lipinski definition) is 2. The van der Waals surface area contributed by atoms with Crippen LogP contribution in [0.3, 0.4) is 0 Å². The predicted octanol–water partition coefficient (Wildman–Crippen LogP) is 2.14. The molecule has 0 aliphatic heterocycles. The number of aliphatic carboxylic acids is 1. The number of carboxylic acids is 1. The van der Waals surface area contributed by atoms with E-state index in [4.69, 9.17) is 10.8 Å². The third kappa shape index (κ3) is 3.20. The minimum atomic E-state index is -1.36. The molecule has 0 aromatic heterocycles. The van der Waals surface area contributed by atoms with E-state index in [1.807, 2.05) is 0 Å². The lowest BCUT2D eigenvalue weighted by molar-refractivity contribution is -0.137. The van der Waals surface area contributed by atoms with Crippen molar-refractivity contribution in [2.24, 2.45) is 5.73 Å². The van der Waals surface area contributed by atoms with Crippen LogP contribution in [-0.4, -0.2) is 11.1 Å². The van der Waals surface area contributed by atoms with E-state index in [2.05, 4.69) is 0 Å². The maximum Gasteiger partial charge on any atom is 0.303 e. The lowest BCUT2D eigenvalue weighted by atomic mass is 9.88. The van der Waals surface area contributed by atoms with Crippen LogP contribution in [0, 0.1) is 17.5 Å². The van der Waals surface area contributed by atoms with E-state index in [1.165, 1.54) is 6.92 Å². The highest BCUT2D eigenvalue weighted by atomic mass is 19.2. The Morgan fingerprint density at radius 1 is 1.29 bits per heavy atom. The normalized spacial score (nSPS) is 14.4. The number of rotatable bonds is 4. The molecule has 1 rings (SSSR count). The molecule has 1 unspecified atom stereocenters. The molecular weight excluding hydrogens is 235 g/mol. The molecule has 1 aromatic rings. The van der Waals surface area contributed by atoms with Crippen molar-refractivity contribution in [3.8, 4) is 0 Å². The number of hydrogen-bond acceptors (Lipinski definition) is 2. The van der Waals surface area contributed by atoms with Crippen LogP contribution in [0.1, 0.15) is 25.3 Å². The van der Waals surface area contributed by atoms with Crippen molar-refractivity contribution in [2.75, 3.05) is 0 Å². The average Bonchev–Trinajstić information content (AvgIpc) is 2.20. The summed E-state index contributed by atoms with van der Waals surface area (Å²) in [5.74, 6) is -4.60. The highest BCUT2D eigenvalue weighted by Crippen LogP contribution is 2.27. The number of benzene rings is 1. The third-order valence-corrected chi connectivity index (χ3v) is 2.48. The Morgan fingerprint density at radius 2 is 1.82 bits per heavy atom. The lowest BCUT2D eigenvalue weighted by Gasteiger charge is -2.25. The molecule has 0 radical (unpaired) electrons. The van der Waals surface area contributed by atoms with E-state index in [0.717, 1.165) is 0 Å². The van der Waals surface area contributed by atoms with Gasteiger partial charge in [-0.2, -0.15) is 0 Å². The van der Waals surface area contributed by atoms with Gasteiger partial charge in [0, 0.05) is 23.6 Å².